The van der Waals surface area contributed by atoms with E-state index in [0.29, 0.717) is 5.82 Å². The van der Waals surface area contributed by atoms with E-state index >= 15 is 0 Å². The lowest BCUT2D eigenvalue weighted by molar-refractivity contribution is 0.0934. The van der Waals surface area contributed by atoms with Crippen LogP contribution in [0.5, 0.6) is 0 Å². The highest BCUT2D eigenvalue weighted by Gasteiger charge is 2.17. The van der Waals surface area contributed by atoms with Crippen molar-refractivity contribution in [1.82, 2.24) is 20.5 Å². The molecule has 0 saturated heterocycles. The summed E-state index contributed by atoms with van der Waals surface area (Å²) in [5.74, 6) is -0.573. The molecule has 1 aromatic carbocycles. The first-order chi connectivity index (χ1) is 8.59. The van der Waals surface area contributed by atoms with E-state index in [1.54, 1.807) is 13.0 Å². The maximum Gasteiger partial charge on any atom is 0.254 e. The van der Waals surface area contributed by atoms with Crippen molar-refractivity contribution in [2.45, 2.75) is 13.0 Å². The Bertz CT molecular complexity index is 558. The Kier molecular flexibility index (Phi) is 3.71. The molecule has 7 heteroatoms. The summed E-state index contributed by atoms with van der Waals surface area (Å²) in [5.41, 5.74) is -0.0178. The van der Waals surface area contributed by atoms with Crippen LogP contribution in [0.2, 0.25) is 0 Å². The zero-order valence-corrected chi connectivity index (χ0v) is 11.0. The zero-order valence-electron chi connectivity index (χ0n) is 9.45. The van der Waals surface area contributed by atoms with Crippen molar-refractivity contribution in [3.05, 3.63) is 46.2 Å². The highest BCUT2D eigenvalue weighted by Crippen LogP contribution is 2.19. The minimum absolute atomic E-state index is 0.0178. The highest BCUT2D eigenvalue weighted by atomic mass is 79.9. The summed E-state index contributed by atoms with van der Waals surface area (Å²) in [5, 5.41) is 8.96. The van der Waals surface area contributed by atoms with Crippen molar-refractivity contribution in [2.75, 3.05) is 0 Å². The van der Waals surface area contributed by atoms with Gasteiger partial charge in [0.2, 0.25) is 0 Å². The second-order valence-corrected chi connectivity index (χ2v) is 4.52. The number of nitrogens with one attached hydrogen (secondary N) is 2. The number of carbonyl (C=O) groups is 1. The number of benzene rings is 1. The number of carbonyl (C=O) groups excluding carboxylic acids is 1. The van der Waals surface area contributed by atoms with Crippen LogP contribution in [0.25, 0.3) is 0 Å². The summed E-state index contributed by atoms with van der Waals surface area (Å²) >= 11 is 3.04. The van der Waals surface area contributed by atoms with Gasteiger partial charge in [0.15, 0.2) is 0 Å². The summed E-state index contributed by atoms with van der Waals surface area (Å²) in [6, 6.07) is 4.17. The van der Waals surface area contributed by atoms with Gasteiger partial charge in [0, 0.05) is 0 Å². The Hall–Kier alpha value is -1.76. The maximum atomic E-state index is 13.7. The van der Waals surface area contributed by atoms with Gasteiger partial charge in [-0.15, -0.1) is 0 Å². The van der Waals surface area contributed by atoms with Crippen LogP contribution < -0.4 is 5.32 Å². The minimum Gasteiger partial charge on any atom is -0.342 e. The van der Waals surface area contributed by atoms with Gasteiger partial charge in [-0.2, -0.15) is 5.10 Å². The van der Waals surface area contributed by atoms with Crippen LogP contribution in [-0.4, -0.2) is 21.1 Å². The quantitative estimate of drug-likeness (QED) is 0.912. The molecule has 5 nitrogen and oxygen atoms in total. The van der Waals surface area contributed by atoms with Crippen LogP contribution in [0.15, 0.2) is 29.0 Å². The number of halogens is 2. The fourth-order valence-electron chi connectivity index (χ4n) is 1.45. The molecule has 1 heterocycles. The molecule has 1 atom stereocenters. The van der Waals surface area contributed by atoms with Gasteiger partial charge in [0.05, 0.1) is 16.1 Å². The number of amides is 1. The largest absolute Gasteiger partial charge is 0.342 e. The number of rotatable bonds is 3. The second kappa shape index (κ2) is 5.26. The Morgan fingerprint density at radius 3 is 3.00 bits per heavy atom. The third-order valence-electron chi connectivity index (χ3n) is 2.39. The minimum atomic E-state index is -0.584. The standard InChI is InChI=1S/C11H10BrFN4O/c1-6(10-14-5-15-17-10)16-11(18)7-3-2-4-8(12)9(7)13/h2-6H,1H3,(H,16,18)(H,14,15,17)/t6-/m0/s1. The molecular formula is C11H10BrFN4O. The Balaban J connectivity index is 2.15. The van der Waals surface area contributed by atoms with Gasteiger partial charge in [-0.1, -0.05) is 6.07 Å². The van der Waals surface area contributed by atoms with Crippen LogP contribution in [0.4, 0.5) is 4.39 Å². The van der Waals surface area contributed by atoms with Gasteiger partial charge in [-0.3, -0.25) is 9.89 Å². The van der Waals surface area contributed by atoms with E-state index in [4.69, 9.17) is 0 Å². The average Bonchev–Trinajstić information content (AvgIpc) is 2.86. The SMILES string of the molecule is C[C@H](NC(=O)c1cccc(Br)c1F)c1ncn[nH]1. The molecular weight excluding hydrogens is 303 g/mol. The number of nitrogens with zero attached hydrogens (tertiary/aromatic N) is 2. The molecule has 0 unspecified atom stereocenters. The number of hydrogen-bond donors (Lipinski definition) is 2. The van der Waals surface area contributed by atoms with E-state index < -0.39 is 11.7 Å². The van der Waals surface area contributed by atoms with Gasteiger partial charge in [0.25, 0.3) is 5.91 Å². The molecule has 18 heavy (non-hydrogen) atoms. The zero-order chi connectivity index (χ0) is 13.1. The summed E-state index contributed by atoms with van der Waals surface area (Å²) < 4.78 is 14.0. The first-order valence-electron chi connectivity index (χ1n) is 5.19. The fourth-order valence-corrected chi connectivity index (χ4v) is 1.81. The molecule has 0 bridgehead atoms. The molecule has 1 aromatic heterocycles. The van der Waals surface area contributed by atoms with Crippen molar-refractivity contribution >= 4 is 21.8 Å². The van der Waals surface area contributed by atoms with Crippen LogP contribution >= 0.6 is 15.9 Å². The second-order valence-electron chi connectivity index (χ2n) is 3.67. The molecule has 0 aliphatic rings. The predicted octanol–water partition coefficient (Wildman–Crippen LogP) is 2.20. The van der Waals surface area contributed by atoms with Crippen molar-refractivity contribution in [3.63, 3.8) is 0 Å². The van der Waals surface area contributed by atoms with Crippen molar-refractivity contribution in [3.8, 4) is 0 Å². The smallest absolute Gasteiger partial charge is 0.254 e. The Morgan fingerprint density at radius 1 is 1.56 bits per heavy atom. The van der Waals surface area contributed by atoms with Gasteiger partial charge in [0.1, 0.15) is 18.0 Å². The first kappa shape index (κ1) is 12.7. The summed E-state index contributed by atoms with van der Waals surface area (Å²) in [6.07, 6.45) is 1.34. The Labute approximate surface area is 111 Å². The maximum absolute atomic E-state index is 13.7. The lowest BCUT2D eigenvalue weighted by Crippen LogP contribution is -2.28. The van der Waals surface area contributed by atoms with E-state index in [1.165, 1.54) is 18.5 Å². The third kappa shape index (κ3) is 2.56. The van der Waals surface area contributed by atoms with E-state index in [0.717, 1.165) is 0 Å². The number of aromatic nitrogens is 3. The van der Waals surface area contributed by atoms with Gasteiger partial charge >= 0.3 is 0 Å². The number of H-pyrrole nitrogens is 1. The molecule has 2 rings (SSSR count). The average molecular weight is 313 g/mol. The van der Waals surface area contributed by atoms with E-state index in [-0.39, 0.29) is 16.1 Å². The highest BCUT2D eigenvalue weighted by molar-refractivity contribution is 9.10. The molecule has 0 aliphatic heterocycles. The van der Waals surface area contributed by atoms with Crippen molar-refractivity contribution in [2.24, 2.45) is 0 Å². The summed E-state index contributed by atoms with van der Waals surface area (Å²) in [6.45, 7) is 1.73. The number of hydrogen-bond acceptors (Lipinski definition) is 3. The van der Waals surface area contributed by atoms with Gasteiger partial charge in [-0.25, -0.2) is 9.37 Å². The van der Waals surface area contributed by atoms with Gasteiger partial charge < -0.3 is 5.32 Å². The van der Waals surface area contributed by atoms with E-state index in [1.807, 2.05) is 0 Å². The van der Waals surface area contributed by atoms with Gasteiger partial charge in [-0.05, 0) is 35.0 Å². The van der Waals surface area contributed by atoms with Crippen LogP contribution in [0.1, 0.15) is 29.1 Å². The van der Waals surface area contributed by atoms with E-state index in [2.05, 4.69) is 36.4 Å². The summed E-state index contributed by atoms with van der Waals surface area (Å²) in [4.78, 5) is 15.8. The Morgan fingerprint density at radius 2 is 2.33 bits per heavy atom. The molecule has 0 spiro atoms. The molecule has 2 aromatic rings. The molecule has 0 saturated carbocycles. The fraction of sp³-hybridized carbons (Fsp3) is 0.182. The van der Waals surface area contributed by atoms with Crippen molar-refractivity contribution in [1.29, 1.82) is 0 Å². The predicted molar refractivity (Wildman–Crippen MR) is 66.4 cm³/mol. The monoisotopic (exact) mass is 312 g/mol. The topological polar surface area (TPSA) is 70.7 Å². The first-order valence-corrected chi connectivity index (χ1v) is 5.99. The molecule has 0 aliphatic carbocycles. The lowest BCUT2D eigenvalue weighted by atomic mass is 10.2. The van der Waals surface area contributed by atoms with Crippen LogP contribution in [0.3, 0.4) is 0 Å². The molecule has 0 fully saturated rings. The molecule has 2 N–H and O–H groups in total. The normalized spacial score (nSPS) is 12.2. The summed E-state index contributed by atoms with van der Waals surface area (Å²) in [7, 11) is 0. The van der Waals surface area contributed by atoms with Crippen LogP contribution in [-0.2, 0) is 0 Å². The molecule has 94 valence electrons. The molecule has 0 radical (unpaired) electrons. The van der Waals surface area contributed by atoms with Crippen LogP contribution in [0, 0.1) is 5.82 Å². The molecule has 1 amide bonds. The number of aromatic amines is 1. The van der Waals surface area contributed by atoms with Crippen molar-refractivity contribution < 1.29 is 9.18 Å². The lowest BCUT2D eigenvalue weighted by Gasteiger charge is -2.11. The third-order valence-corrected chi connectivity index (χ3v) is 3.00. The van der Waals surface area contributed by atoms with E-state index in [9.17, 15) is 9.18 Å².